The lowest BCUT2D eigenvalue weighted by atomic mass is 10.0. The normalized spacial score (nSPS) is 14.0. The van der Waals surface area contributed by atoms with Gasteiger partial charge in [0.2, 0.25) is 0 Å². The van der Waals surface area contributed by atoms with Crippen LogP contribution >= 0.6 is 0 Å². The maximum absolute atomic E-state index is 13.0. The van der Waals surface area contributed by atoms with Crippen molar-refractivity contribution in [3.63, 3.8) is 0 Å². The number of imidazole rings is 1. The highest BCUT2D eigenvalue weighted by Crippen LogP contribution is 2.25. The number of aliphatic hydroxyl groups is 1. The molecule has 5 heteroatoms. The van der Waals surface area contributed by atoms with Gasteiger partial charge in [-0.1, -0.05) is 42.5 Å². The second-order valence-electron chi connectivity index (χ2n) is 5.87. The molecule has 0 bridgehead atoms. The summed E-state index contributed by atoms with van der Waals surface area (Å²) in [6.45, 7) is 2.95. The molecule has 0 spiro atoms. The van der Waals surface area contributed by atoms with Gasteiger partial charge < -0.3 is 10.4 Å². The van der Waals surface area contributed by atoms with Gasteiger partial charge in [0, 0.05) is 13.1 Å². The summed E-state index contributed by atoms with van der Waals surface area (Å²) in [7, 11) is 1.80. The maximum Gasteiger partial charge on any atom is 0.329 e. The van der Waals surface area contributed by atoms with E-state index in [1.54, 1.807) is 16.2 Å². The Hall–Kier alpha value is -2.37. The van der Waals surface area contributed by atoms with E-state index in [1.807, 2.05) is 61.5 Å². The standard InChI is InChI=1S/C19H23N3O2/c1-3-21-15-11-7-8-12-16(15)22(19(21)24)18(17(23)13-20-2)14-9-5-4-6-10-14/h4-12,17-18,20,23H,3,13H2,1-2H3/t17-,18+/m1/s1. The van der Waals surface area contributed by atoms with Gasteiger partial charge in [-0.05, 0) is 31.7 Å². The third-order valence-electron chi connectivity index (χ3n) is 4.38. The molecule has 126 valence electrons. The van der Waals surface area contributed by atoms with E-state index in [-0.39, 0.29) is 5.69 Å². The van der Waals surface area contributed by atoms with Gasteiger partial charge >= 0.3 is 5.69 Å². The molecule has 0 aliphatic heterocycles. The minimum atomic E-state index is -0.716. The van der Waals surface area contributed by atoms with Crippen molar-refractivity contribution in [3.8, 4) is 0 Å². The molecule has 0 amide bonds. The van der Waals surface area contributed by atoms with Crippen molar-refractivity contribution >= 4 is 11.0 Å². The number of fused-ring (bicyclic) bond motifs is 1. The molecule has 0 unspecified atom stereocenters. The van der Waals surface area contributed by atoms with Gasteiger partial charge in [-0.3, -0.25) is 9.13 Å². The van der Waals surface area contributed by atoms with Crippen LogP contribution in [0.5, 0.6) is 0 Å². The lowest BCUT2D eigenvalue weighted by molar-refractivity contribution is 0.130. The van der Waals surface area contributed by atoms with E-state index in [0.717, 1.165) is 16.6 Å². The van der Waals surface area contributed by atoms with Crippen LogP contribution in [0.1, 0.15) is 18.5 Å². The maximum atomic E-state index is 13.0. The summed E-state index contributed by atoms with van der Waals surface area (Å²) in [6.07, 6.45) is -0.716. The second kappa shape index (κ2) is 7.03. The Labute approximate surface area is 141 Å². The molecule has 0 saturated heterocycles. The summed E-state index contributed by atoms with van der Waals surface area (Å²) < 4.78 is 3.47. The van der Waals surface area contributed by atoms with Crippen molar-refractivity contribution in [1.82, 2.24) is 14.5 Å². The summed E-state index contributed by atoms with van der Waals surface area (Å²) in [5, 5.41) is 13.8. The molecular formula is C19H23N3O2. The molecule has 0 radical (unpaired) electrons. The number of rotatable bonds is 6. The van der Waals surface area contributed by atoms with Crippen LogP contribution in [0.4, 0.5) is 0 Å². The van der Waals surface area contributed by atoms with E-state index < -0.39 is 12.1 Å². The van der Waals surface area contributed by atoms with Crippen LogP contribution in [-0.2, 0) is 6.54 Å². The number of benzene rings is 2. The number of para-hydroxylation sites is 2. The smallest absolute Gasteiger partial charge is 0.329 e. The van der Waals surface area contributed by atoms with E-state index in [0.29, 0.717) is 13.1 Å². The van der Waals surface area contributed by atoms with Crippen molar-refractivity contribution in [2.75, 3.05) is 13.6 Å². The van der Waals surface area contributed by atoms with Gasteiger partial charge in [0.25, 0.3) is 0 Å². The number of hydrogen-bond donors (Lipinski definition) is 2. The number of hydrogen-bond acceptors (Lipinski definition) is 3. The fraction of sp³-hybridized carbons (Fsp3) is 0.316. The Kier molecular flexibility index (Phi) is 4.83. The van der Waals surface area contributed by atoms with Crippen LogP contribution in [0, 0.1) is 0 Å². The molecule has 0 saturated carbocycles. The fourth-order valence-corrected chi connectivity index (χ4v) is 3.32. The Morgan fingerprint density at radius 3 is 2.29 bits per heavy atom. The van der Waals surface area contributed by atoms with E-state index in [9.17, 15) is 9.90 Å². The first-order chi connectivity index (χ1) is 11.7. The Morgan fingerprint density at radius 1 is 1.04 bits per heavy atom. The number of aromatic nitrogens is 2. The Bertz CT molecular complexity index is 867. The zero-order chi connectivity index (χ0) is 17.1. The first-order valence-electron chi connectivity index (χ1n) is 8.26. The van der Waals surface area contributed by atoms with Crippen molar-refractivity contribution in [3.05, 3.63) is 70.6 Å². The van der Waals surface area contributed by atoms with Gasteiger partial charge in [-0.15, -0.1) is 0 Å². The molecular weight excluding hydrogens is 302 g/mol. The Balaban J connectivity index is 2.27. The van der Waals surface area contributed by atoms with Gasteiger partial charge in [-0.25, -0.2) is 4.79 Å². The summed E-state index contributed by atoms with van der Waals surface area (Å²) >= 11 is 0. The van der Waals surface area contributed by atoms with E-state index >= 15 is 0 Å². The van der Waals surface area contributed by atoms with Gasteiger partial charge in [0.1, 0.15) is 0 Å². The lowest BCUT2D eigenvalue weighted by Gasteiger charge is -2.25. The van der Waals surface area contributed by atoms with Crippen LogP contribution < -0.4 is 11.0 Å². The number of likely N-dealkylation sites (N-methyl/N-ethyl adjacent to an activating group) is 1. The number of aliphatic hydroxyl groups excluding tert-OH is 1. The molecule has 0 aliphatic rings. The van der Waals surface area contributed by atoms with Crippen molar-refractivity contribution < 1.29 is 5.11 Å². The zero-order valence-electron chi connectivity index (χ0n) is 14.0. The van der Waals surface area contributed by atoms with E-state index in [2.05, 4.69) is 5.32 Å². The second-order valence-corrected chi connectivity index (χ2v) is 5.87. The lowest BCUT2D eigenvalue weighted by Crippen LogP contribution is -2.38. The SMILES string of the molecule is CCn1c(=O)n([C@@H](c2ccccc2)[C@H](O)CNC)c2ccccc21. The first kappa shape index (κ1) is 16.5. The van der Waals surface area contributed by atoms with Crippen LogP contribution in [0.2, 0.25) is 0 Å². The molecule has 0 fully saturated rings. The van der Waals surface area contributed by atoms with Crippen LogP contribution in [0.25, 0.3) is 11.0 Å². The van der Waals surface area contributed by atoms with Gasteiger partial charge in [0.15, 0.2) is 0 Å². The molecule has 2 N–H and O–H groups in total. The predicted octanol–water partition coefficient (Wildman–Crippen LogP) is 1.99. The zero-order valence-corrected chi connectivity index (χ0v) is 14.0. The molecule has 1 heterocycles. The molecule has 3 rings (SSSR count). The number of nitrogens with zero attached hydrogens (tertiary/aromatic N) is 2. The molecule has 0 aliphatic carbocycles. The average Bonchev–Trinajstić information content (AvgIpc) is 2.88. The van der Waals surface area contributed by atoms with E-state index in [4.69, 9.17) is 0 Å². The summed E-state index contributed by atoms with van der Waals surface area (Å²) in [5.41, 5.74) is 2.56. The quantitative estimate of drug-likeness (QED) is 0.729. The molecule has 24 heavy (non-hydrogen) atoms. The molecule has 3 aromatic rings. The van der Waals surface area contributed by atoms with Crippen molar-refractivity contribution in [2.45, 2.75) is 25.6 Å². The Morgan fingerprint density at radius 2 is 1.67 bits per heavy atom. The topological polar surface area (TPSA) is 59.2 Å². The largest absolute Gasteiger partial charge is 0.389 e. The van der Waals surface area contributed by atoms with Crippen LogP contribution in [0.15, 0.2) is 59.4 Å². The predicted molar refractivity (Wildman–Crippen MR) is 96.4 cm³/mol. The third kappa shape index (κ3) is 2.77. The van der Waals surface area contributed by atoms with Gasteiger partial charge in [0.05, 0.1) is 23.2 Å². The van der Waals surface area contributed by atoms with Gasteiger partial charge in [-0.2, -0.15) is 0 Å². The third-order valence-corrected chi connectivity index (χ3v) is 4.38. The molecule has 2 aromatic carbocycles. The monoisotopic (exact) mass is 325 g/mol. The highest BCUT2D eigenvalue weighted by Gasteiger charge is 2.27. The van der Waals surface area contributed by atoms with Crippen molar-refractivity contribution in [1.29, 1.82) is 0 Å². The molecule has 1 aromatic heterocycles. The van der Waals surface area contributed by atoms with E-state index in [1.165, 1.54) is 0 Å². The first-order valence-corrected chi connectivity index (χ1v) is 8.26. The number of aryl methyl sites for hydroxylation is 1. The fourth-order valence-electron chi connectivity index (χ4n) is 3.32. The molecule has 2 atom stereocenters. The van der Waals surface area contributed by atoms with Crippen LogP contribution in [-0.4, -0.2) is 33.9 Å². The highest BCUT2D eigenvalue weighted by molar-refractivity contribution is 5.76. The highest BCUT2D eigenvalue weighted by atomic mass is 16.3. The number of nitrogens with one attached hydrogen (secondary N) is 1. The van der Waals surface area contributed by atoms with Crippen LogP contribution in [0.3, 0.4) is 0 Å². The average molecular weight is 325 g/mol. The molecule has 5 nitrogen and oxygen atoms in total. The minimum absolute atomic E-state index is 0.0947. The minimum Gasteiger partial charge on any atom is -0.389 e. The summed E-state index contributed by atoms with van der Waals surface area (Å²) in [6, 6.07) is 17.0. The summed E-state index contributed by atoms with van der Waals surface area (Å²) in [4.78, 5) is 13.0. The summed E-state index contributed by atoms with van der Waals surface area (Å²) in [5.74, 6) is 0. The van der Waals surface area contributed by atoms with Crippen molar-refractivity contribution in [2.24, 2.45) is 0 Å².